The van der Waals surface area contributed by atoms with E-state index in [1.165, 1.54) is 0 Å². The number of aryl methyl sites for hydroxylation is 1. The van der Waals surface area contributed by atoms with Gasteiger partial charge in [-0.25, -0.2) is 0 Å². The van der Waals surface area contributed by atoms with E-state index in [0.717, 1.165) is 27.9 Å². The van der Waals surface area contributed by atoms with E-state index in [0.29, 0.717) is 6.42 Å². The second-order valence-electron chi connectivity index (χ2n) is 4.75. The van der Waals surface area contributed by atoms with Gasteiger partial charge in [0.1, 0.15) is 0 Å². The summed E-state index contributed by atoms with van der Waals surface area (Å²) >= 11 is 0. The van der Waals surface area contributed by atoms with Gasteiger partial charge in [-0.15, -0.1) is 0 Å². The molecule has 0 radical (unpaired) electrons. The van der Waals surface area contributed by atoms with Gasteiger partial charge in [-0.3, -0.25) is 14.8 Å². The molecule has 0 bridgehead atoms. The number of nitrogens with zero attached hydrogens (tertiary/aromatic N) is 2. The number of carbonyl (C=O) groups excluding carboxylic acids is 1. The molecule has 0 atom stereocenters. The fourth-order valence-electron chi connectivity index (χ4n) is 2.30. The Morgan fingerprint density at radius 2 is 1.90 bits per heavy atom. The number of para-hydroxylation sites is 1. The second kappa shape index (κ2) is 5.21. The summed E-state index contributed by atoms with van der Waals surface area (Å²) in [6.07, 6.45) is 2.02. The summed E-state index contributed by atoms with van der Waals surface area (Å²) in [4.78, 5) is 21.2. The summed E-state index contributed by atoms with van der Waals surface area (Å²) in [6.45, 7) is 1.91. The molecule has 0 fully saturated rings. The van der Waals surface area contributed by atoms with Crippen molar-refractivity contribution in [1.29, 1.82) is 0 Å². The molecule has 0 aliphatic heterocycles. The molecule has 0 saturated carbocycles. The van der Waals surface area contributed by atoms with E-state index in [1.807, 2.05) is 55.5 Å². The van der Waals surface area contributed by atoms with Crippen LogP contribution in [0.2, 0.25) is 0 Å². The molecule has 3 nitrogen and oxygen atoms in total. The molecule has 3 rings (SSSR count). The van der Waals surface area contributed by atoms with Crippen LogP contribution >= 0.6 is 0 Å². The first kappa shape index (κ1) is 12.5. The van der Waals surface area contributed by atoms with Crippen LogP contribution in [0, 0.1) is 6.92 Å². The monoisotopic (exact) mass is 262 g/mol. The minimum Gasteiger partial charge on any atom is -0.294 e. The zero-order chi connectivity index (χ0) is 13.9. The molecule has 0 spiro atoms. The van der Waals surface area contributed by atoms with Gasteiger partial charge in [-0.05, 0) is 31.2 Å². The number of rotatable bonds is 3. The molecule has 1 aromatic carbocycles. The highest BCUT2D eigenvalue weighted by atomic mass is 16.1. The van der Waals surface area contributed by atoms with Crippen LogP contribution in [0.25, 0.3) is 10.9 Å². The summed E-state index contributed by atoms with van der Waals surface area (Å²) in [7, 11) is 0. The van der Waals surface area contributed by atoms with Gasteiger partial charge in [0.15, 0.2) is 5.78 Å². The number of pyridine rings is 2. The topological polar surface area (TPSA) is 42.9 Å². The lowest BCUT2D eigenvalue weighted by Gasteiger charge is -2.07. The molecule has 0 unspecified atom stereocenters. The van der Waals surface area contributed by atoms with Crippen molar-refractivity contribution in [3.05, 3.63) is 71.7 Å². The Morgan fingerprint density at radius 1 is 1.10 bits per heavy atom. The zero-order valence-corrected chi connectivity index (χ0v) is 11.2. The van der Waals surface area contributed by atoms with Crippen molar-refractivity contribution in [1.82, 2.24) is 9.97 Å². The van der Waals surface area contributed by atoms with Gasteiger partial charge in [-0.2, -0.15) is 0 Å². The van der Waals surface area contributed by atoms with Crippen molar-refractivity contribution in [2.24, 2.45) is 0 Å². The predicted octanol–water partition coefficient (Wildman–Crippen LogP) is 3.36. The maximum Gasteiger partial charge on any atom is 0.169 e. The van der Waals surface area contributed by atoms with E-state index in [9.17, 15) is 4.79 Å². The molecule has 0 N–H and O–H groups in total. The van der Waals surface area contributed by atoms with Gasteiger partial charge in [-0.1, -0.05) is 24.3 Å². The van der Waals surface area contributed by atoms with Gasteiger partial charge in [0.05, 0.1) is 11.9 Å². The summed E-state index contributed by atoms with van der Waals surface area (Å²) in [5, 5.41) is 0.902. The minimum absolute atomic E-state index is 0.0744. The minimum atomic E-state index is 0.0744. The highest BCUT2D eigenvalue weighted by Crippen LogP contribution is 2.19. The van der Waals surface area contributed by atoms with Crippen LogP contribution in [0.1, 0.15) is 21.7 Å². The fourth-order valence-corrected chi connectivity index (χ4v) is 2.30. The molecule has 0 aliphatic rings. The van der Waals surface area contributed by atoms with Gasteiger partial charge < -0.3 is 0 Å². The number of hydrogen-bond donors (Lipinski definition) is 0. The average molecular weight is 262 g/mol. The Kier molecular flexibility index (Phi) is 3.25. The van der Waals surface area contributed by atoms with Crippen LogP contribution in [0.5, 0.6) is 0 Å². The number of fused-ring (bicyclic) bond motifs is 1. The Balaban J connectivity index is 2.03. The van der Waals surface area contributed by atoms with E-state index in [4.69, 9.17) is 0 Å². The molecule has 3 heteroatoms. The quantitative estimate of drug-likeness (QED) is 0.680. The Morgan fingerprint density at radius 3 is 2.70 bits per heavy atom. The molecular weight excluding hydrogens is 248 g/mol. The molecule has 3 aromatic rings. The molecule has 2 aromatic heterocycles. The molecule has 0 amide bonds. The number of aromatic nitrogens is 2. The first-order chi connectivity index (χ1) is 9.74. The standard InChI is InChI=1S/C17H14N2O/c1-12-10-15(14-7-2-3-8-16(14)19-12)17(20)11-13-6-4-5-9-18-13/h2-10H,11H2,1H3. The van der Waals surface area contributed by atoms with E-state index < -0.39 is 0 Å². The molecule has 98 valence electrons. The van der Waals surface area contributed by atoms with Crippen molar-refractivity contribution in [2.45, 2.75) is 13.3 Å². The third kappa shape index (κ3) is 2.43. The predicted molar refractivity (Wildman–Crippen MR) is 78.8 cm³/mol. The second-order valence-corrected chi connectivity index (χ2v) is 4.75. The molecule has 20 heavy (non-hydrogen) atoms. The van der Waals surface area contributed by atoms with Crippen LogP contribution in [-0.4, -0.2) is 15.8 Å². The van der Waals surface area contributed by atoms with Gasteiger partial charge >= 0.3 is 0 Å². The Bertz CT molecular complexity index is 766. The molecule has 2 heterocycles. The molecular formula is C17H14N2O. The van der Waals surface area contributed by atoms with E-state index >= 15 is 0 Å². The lowest BCUT2D eigenvalue weighted by Crippen LogP contribution is -2.06. The largest absolute Gasteiger partial charge is 0.294 e. The normalized spacial score (nSPS) is 10.7. The number of Topliss-reactive ketones (excluding diaryl/α,β-unsaturated/α-hetero) is 1. The van der Waals surface area contributed by atoms with Crippen molar-refractivity contribution in [3.63, 3.8) is 0 Å². The maximum atomic E-state index is 12.5. The van der Waals surface area contributed by atoms with Gasteiger partial charge in [0.25, 0.3) is 0 Å². The van der Waals surface area contributed by atoms with Crippen LogP contribution < -0.4 is 0 Å². The summed E-state index contributed by atoms with van der Waals surface area (Å²) in [6, 6.07) is 15.2. The van der Waals surface area contributed by atoms with Crippen LogP contribution in [0.3, 0.4) is 0 Å². The zero-order valence-electron chi connectivity index (χ0n) is 11.2. The number of ketones is 1. The van der Waals surface area contributed by atoms with Crippen molar-refractivity contribution < 1.29 is 4.79 Å². The lowest BCUT2D eigenvalue weighted by molar-refractivity contribution is 0.0993. The van der Waals surface area contributed by atoms with Crippen LogP contribution in [-0.2, 0) is 6.42 Å². The fraction of sp³-hybridized carbons (Fsp3) is 0.118. The SMILES string of the molecule is Cc1cc(C(=O)Cc2ccccn2)c2ccccc2n1. The Labute approximate surface area is 117 Å². The highest BCUT2D eigenvalue weighted by Gasteiger charge is 2.12. The number of hydrogen-bond acceptors (Lipinski definition) is 3. The average Bonchev–Trinajstić information content (AvgIpc) is 2.47. The van der Waals surface area contributed by atoms with Crippen LogP contribution in [0.4, 0.5) is 0 Å². The smallest absolute Gasteiger partial charge is 0.169 e. The van der Waals surface area contributed by atoms with E-state index in [-0.39, 0.29) is 5.78 Å². The molecule has 0 saturated heterocycles. The van der Waals surface area contributed by atoms with Crippen molar-refractivity contribution >= 4 is 16.7 Å². The van der Waals surface area contributed by atoms with Crippen molar-refractivity contribution in [2.75, 3.05) is 0 Å². The first-order valence-electron chi connectivity index (χ1n) is 6.53. The Hall–Kier alpha value is -2.55. The summed E-state index contributed by atoms with van der Waals surface area (Å²) in [5.41, 5.74) is 3.22. The number of carbonyl (C=O) groups is 1. The highest BCUT2D eigenvalue weighted by molar-refractivity contribution is 6.08. The lowest BCUT2D eigenvalue weighted by atomic mass is 10.0. The summed E-state index contributed by atoms with van der Waals surface area (Å²) < 4.78 is 0. The maximum absolute atomic E-state index is 12.5. The van der Waals surface area contributed by atoms with Crippen molar-refractivity contribution in [3.8, 4) is 0 Å². The first-order valence-corrected chi connectivity index (χ1v) is 6.53. The third-order valence-electron chi connectivity index (χ3n) is 3.21. The summed E-state index contributed by atoms with van der Waals surface area (Å²) in [5.74, 6) is 0.0744. The third-order valence-corrected chi connectivity index (χ3v) is 3.21. The van der Waals surface area contributed by atoms with E-state index in [2.05, 4.69) is 9.97 Å². The van der Waals surface area contributed by atoms with Gasteiger partial charge in [0, 0.05) is 28.5 Å². The van der Waals surface area contributed by atoms with Crippen LogP contribution in [0.15, 0.2) is 54.7 Å². The van der Waals surface area contributed by atoms with Gasteiger partial charge in [0.2, 0.25) is 0 Å². The van der Waals surface area contributed by atoms with E-state index in [1.54, 1.807) is 6.20 Å². The molecule has 0 aliphatic carbocycles. The number of benzene rings is 1.